The Labute approximate surface area is 124 Å². The lowest BCUT2D eigenvalue weighted by atomic mass is 10.2. The summed E-state index contributed by atoms with van der Waals surface area (Å²) in [5.74, 6) is 1.75. The van der Waals surface area contributed by atoms with Gasteiger partial charge in [-0.05, 0) is 54.8 Å². The molecule has 4 heteroatoms. The number of benzene rings is 1. The molecule has 1 aromatic carbocycles. The highest BCUT2D eigenvalue weighted by Gasteiger charge is 2.05. The summed E-state index contributed by atoms with van der Waals surface area (Å²) in [5.41, 5.74) is 2.36. The van der Waals surface area contributed by atoms with Crippen LogP contribution in [0, 0.1) is 0 Å². The summed E-state index contributed by atoms with van der Waals surface area (Å²) < 4.78 is 11.2. The molecule has 0 aliphatic rings. The van der Waals surface area contributed by atoms with Crippen LogP contribution in [0.4, 0.5) is 5.69 Å². The molecule has 2 aromatic rings. The zero-order chi connectivity index (χ0) is 14.2. The zero-order valence-corrected chi connectivity index (χ0v) is 12.8. The summed E-state index contributed by atoms with van der Waals surface area (Å²) >= 11 is 1.73. The molecule has 1 aromatic heterocycles. The first-order valence-corrected chi connectivity index (χ1v) is 7.92. The molecule has 0 atom stereocenters. The van der Waals surface area contributed by atoms with Crippen molar-refractivity contribution < 1.29 is 9.47 Å². The van der Waals surface area contributed by atoms with Crippen LogP contribution in [-0.2, 0) is 6.42 Å². The monoisotopic (exact) mass is 291 g/mol. The average Bonchev–Trinajstić information content (AvgIpc) is 2.95. The van der Waals surface area contributed by atoms with Crippen molar-refractivity contribution in [1.82, 2.24) is 0 Å². The first kappa shape index (κ1) is 14.7. The SMILES string of the molecule is CCOc1ccc(OCC)c(NCCc2ccsc2)c1. The smallest absolute Gasteiger partial charge is 0.142 e. The highest BCUT2D eigenvalue weighted by Crippen LogP contribution is 2.29. The average molecular weight is 291 g/mol. The van der Waals surface area contributed by atoms with Crippen LogP contribution in [0.1, 0.15) is 19.4 Å². The molecule has 0 fully saturated rings. The Morgan fingerprint density at radius 2 is 1.95 bits per heavy atom. The van der Waals surface area contributed by atoms with E-state index in [-0.39, 0.29) is 0 Å². The van der Waals surface area contributed by atoms with Gasteiger partial charge in [-0.1, -0.05) is 0 Å². The fraction of sp³-hybridized carbons (Fsp3) is 0.375. The van der Waals surface area contributed by atoms with Crippen LogP contribution in [-0.4, -0.2) is 19.8 Å². The highest BCUT2D eigenvalue weighted by atomic mass is 32.1. The molecule has 0 spiro atoms. The topological polar surface area (TPSA) is 30.5 Å². The van der Waals surface area contributed by atoms with E-state index in [1.54, 1.807) is 11.3 Å². The Kier molecular flexibility index (Phi) is 5.74. The van der Waals surface area contributed by atoms with Crippen LogP contribution < -0.4 is 14.8 Å². The van der Waals surface area contributed by atoms with Crippen molar-refractivity contribution in [2.45, 2.75) is 20.3 Å². The Morgan fingerprint density at radius 1 is 1.10 bits per heavy atom. The quantitative estimate of drug-likeness (QED) is 0.790. The Balaban J connectivity index is 2.00. The molecule has 0 aliphatic heterocycles. The number of rotatable bonds is 8. The van der Waals surface area contributed by atoms with E-state index < -0.39 is 0 Å². The Morgan fingerprint density at radius 3 is 2.65 bits per heavy atom. The first-order chi connectivity index (χ1) is 9.83. The van der Waals surface area contributed by atoms with Gasteiger partial charge in [0.1, 0.15) is 11.5 Å². The minimum atomic E-state index is 0.660. The molecule has 0 radical (unpaired) electrons. The maximum Gasteiger partial charge on any atom is 0.142 e. The fourth-order valence-electron chi connectivity index (χ4n) is 1.96. The van der Waals surface area contributed by atoms with Crippen LogP contribution in [0.15, 0.2) is 35.0 Å². The second kappa shape index (κ2) is 7.80. The number of nitrogens with one attached hydrogen (secondary N) is 1. The largest absolute Gasteiger partial charge is 0.494 e. The zero-order valence-electron chi connectivity index (χ0n) is 12.0. The van der Waals surface area contributed by atoms with Gasteiger partial charge in [0.2, 0.25) is 0 Å². The normalized spacial score (nSPS) is 10.3. The number of hydrogen-bond donors (Lipinski definition) is 1. The van der Waals surface area contributed by atoms with Crippen LogP contribution in [0.2, 0.25) is 0 Å². The first-order valence-electron chi connectivity index (χ1n) is 6.98. The van der Waals surface area contributed by atoms with E-state index in [1.807, 2.05) is 32.0 Å². The van der Waals surface area contributed by atoms with Crippen molar-refractivity contribution in [3.8, 4) is 11.5 Å². The number of ether oxygens (including phenoxy) is 2. The molecule has 0 amide bonds. The van der Waals surface area contributed by atoms with Gasteiger partial charge in [-0.25, -0.2) is 0 Å². The van der Waals surface area contributed by atoms with E-state index in [4.69, 9.17) is 9.47 Å². The third-order valence-corrected chi connectivity index (χ3v) is 3.60. The van der Waals surface area contributed by atoms with Crippen molar-refractivity contribution in [3.63, 3.8) is 0 Å². The third kappa shape index (κ3) is 4.17. The summed E-state index contributed by atoms with van der Waals surface area (Å²) in [5, 5.41) is 7.72. The molecule has 0 unspecified atom stereocenters. The second-order valence-electron chi connectivity index (χ2n) is 4.33. The van der Waals surface area contributed by atoms with E-state index in [0.29, 0.717) is 13.2 Å². The molecule has 3 nitrogen and oxygen atoms in total. The summed E-state index contributed by atoms with van der Waals surface area (Å²) in [6.07, 6.45) is 1.01. The van der Waals surface area contributed by atoms with Gasteiger partial charge in [0.05, 0.1) is 18.9 Å². The van der Waals surface area contributed by atoms with Gasteiger partial charge in [-0.15, -0.1) is 0 Å². The molecule has 0 saturated heterocycles. The van der Waals surface area contributed by atoms with Crippen LogP contribution in [0.3, 0.4) is 0 Å². The lowest BCUT2D eigenvalue weighted by Crippen LogP contribution is -2.07. The van der Waals surface area contributed by atoms with Gasteiger partial charge in [0.15, 0.2) is 0 Å². The molecule has 1 N–H and O–H groups in total. The molecule has 20 heavy (non-hydrogen) atoms. The predicted octanol–water partition coefficient (Wildman–Crippen LogP) is 4.20. The number of anilines is 1. The molecule has 0 bridgehead atoms. The molecule has 2 rings (SSSR count). The van der Waals surface area contributed by atoms with Crippen molar-refractivity contribution in [1.29, 1.82) is 0 Å². The molecule has 0 saturated carbocycles. The predicted molar refractivity (Wildman–Crippen MR) is 85.3 cm³/mol. The number of thiophene rings is 1. The van der Waals surface area contributed by atoms with Crippen molar-refractivity contribution in [2.75, 3.05) is 25.1 Å². The third-order valence-electron chi connectivity index (χ3n) is 2.87. The summed E-state index contributed by atoms with van der Waals surface area (Å²) in [7, 11) is 0. The lowest BCUT2D eigenvalue weighted by Gasteiger charge is -2.14. The molecule has 108 valence electrons. The van der Waals surface area contributed by atoms with Crippen LogP contribution in [0.5, 0.6) is 11.5 Å². The van der Waals surface area contributed by atoms with Gasteiger partial charge < -0.3 is 14.8 Å². The molecule has 0 aliphatic carbocycles. The Hall–Kier alpha value is -1.68. The number of hydrogen-bond acceptors (Lipinski definition) is 4. The molecular weight excluding hydrogens is 270 g/mol. The van der Waals surface area contributed by atoms with Crippen molar-refractivity contribution >= 4 is 17.0 Å². The standard InChI is InChI=1S/C16H21NO2S/c1-3-18-14-5-6-16(19-4-2)15(11-14)17-9-7-13-8-10-20-12-13/h5-6,8,10-12,17H,3-4,7,9H2,1-2H3. The fourth-order valence-corrected chi connectivity index (χ4v) is 2.66. The lowest BCUT2D eigenvalue weighted by molar-refractivity contribution is 0.332. The maximum absolute atomic E-state index is 5.64. The van der Waals surface area contributed by atoms with Crippen molar-refractivity contribution in [3.05, 3.63) is 40.6 Å². The van der Waals surface area contributed by atoms with Gasteiger partial charge in [-0.3, -0.25) is 0 Å². The Bertz CT molecular complexity index is 511. The molecular formula is C16H21NO2S. The van der Waals surface area contributed by atoms with E-state index in [1.165, 1.54) is 5.56 Å². The van der Waals surface area contributed by atoms with E-state index in [2.05, 4.69) is 22.1 Å². The minimum Gasteiger partial charge on any atom is -0.494 e. The maximum atomic E-state index is 5.64. The summed E-state index contributed by atoms with van der Waals surface area (Å²) in [4.78, 5) is 0. The van der Waals surface area contributed by atoms with E-state index in [9.17, 15) is 0 Å². The van der Waals surface area contributed by atoms with Gasteiger partial charge in [0, 0.05) is 12.6 Å². The van der Waals surface area contributed by atoms with Crippen molar-refractivity contribution in [2.24, 2.45) is 0 Å². The van der Waals surface area contributed by atoms with Gasteiger partial charge in [-0.2, -0.15) is 11.3 Å². The highest BCUT2D eigenvalue weighted by molar-refractivity contribution is 7.07. The summed E-state index contributed by atoms with van der Waals surface area (Å²) in [6, 6.07) is 8.06. The van der Waals surface area contributed by atoms with Crippen LogP contribution in [0.25, 0.3) is 0 Å². The van der Waals surface area contributed by atoms with Crippen LogP contribution >= 0.6 is 11.3 Å². The minimum absolute atomic E-state index is 0.660. The van der Waals surface area contributed by atoms with Gasteiger partial charge in [0.25, 0.3) is 0 Å². The van der Waals surface area contributed by atoms with E-state index in [0.717, 1.165) is 30.2 Å². The van der Waals surface area contributed by atoms with E-state index >= 15 is 0 Å². The second-order valence-corrected chi connectivity index (χ2v) is 5.11. The summed E-state index contributed by atoms with van der Waals surface area (Å²) in [6.45, 7) is 6.19. The molecule has 1 heterocycles. The van der Waals surface area contributed by atoms with Gasteiger partial charge >= 0.3 is 0 Å².